The van der Waals surface area contributed by atoms with Crippen LogP contribution in [0.4, 0.5) is 15.8 Å². The number of nitrogens with zero attached hydrogens (tertiary/aromatic N) is 2. The fourth-order valence-corrected chi connectivity index (χ4v) is 1.82. The maximum absolute atomic E-state index is 13.6. The number of amides is 1. The molecule has 6 nitrogen and oxygen atoms in total. The third-order valence-corrected chi connectivity index (χ3v) is 3.00. The molecule has 1 aromatic heterocycles. The molecule has 2 rings (SSSR count). The number of carbonyl (C=O) groups excluding carboxylic acids is 1. The van der Waals surface area contributed by atoms with Crippen LogP contribution < -0.4 is 5.32 Å². The first kappa shape index (κ1) is 15.1. The summed E-state index contributed by atoms with van der Waals surface area (Å²) in [5.74, 6) is -1.57. The third kappa shape index (κ3) is 3.45. The van der Waals surface area contributed by atoms with Crippen molar-refractivity contribution in [1.82, 2.24) is 4.98 Å². The Bertz CT molecular complexity index is 740. The Morgan fingerprint density at radius 2 is 2.05 bits per heavy atom. The van der Waals surface area contributed by atoms with E-state index in [0.717, 1.165) is 18.3 Å². The lowest BCUT2D eigenvalue weighted by molar-refractivity contribution is -0.385. The van der Waals surface area contributed by atoms with E-state index in [2.05, 4.69) is 10.3 Å². The van der Waals surface area contributed by atoms with Crippen LogP contribution in [0.5, 0.6) is 0 Å². The van der Waals surface area contributed by atoms with E-state index in [1.165, 1.54) is 12.1 Å². The molecule has 1 amide bonds. The first-order valence-electron chi connectivity index (χ1n) is 5.45. The number of nitrogens with one attached hydrogen (secondary N) is 1. The molecule has 0 aliphatic carbocycles. The van der Waals surface area contributed by atoms with Gasteiger partial charge in [0, 0.05) is 11.1 Å². The van der Waals surface area contributed by atoms with Crippen LogP contribution in [0.15, 0.2) is 30.5 Å². The van der Waals surface area contributed by atoms with Crippen LogP contribution in [0.2, 0.25) is 10.2 Å². The summed E-state index contributed by atoms with van der Waals surface area (Å²) < 4.78 is 13.6. The maximum atomic E-state index is 13.6. The molecule has 0 saturated carbocycles. The molecule has 108 valence electrons. The van der Waals surface area contributed by atoms with Crippen molar-refractivity contribution in [2.45, 2.75) is 0 Å². The molecule has 0 aliphatic rings. The van der Waals surface area contributed by atoms with Crippen molar-refractivity contribution in [1.29, 1.82) is 0 Å². The van der Waals surface area contributed by atoms with Crippen LogP contribution in [0.1, 0.15) is 10.4 Å². The first-order valence-corrected chi connectivity index (χ1v) is 6.20. The first-order chi connectivity index (χ1) is 9.88. The molecule has 2 aromatic rings. The minimum atomic E-state index is -0.822. The Hall–Kier alpha value is -2.25. The van der Waals surface area contributed by atoms with E-state index < -0.39 is 22.3 Å². The predicted molar refractivity (Wildman–Crippen MR) is 75.3 cm³/mol. The standard InChI is InChI=1S/C12H6Cl2FN3O3/c13-6-1-2-10(9(15)3-6)17-12(19)8-4-7(18(20)21)5-16-11(8)14/h1-5H,(H,17,19). The molecular formula is C12H6Cl2FN3O3. The predicted octanol–water partition coefficient (Wildman–Crippen LogP) is 3.69. The lowest BCUT2D eigenvalue weighted by Gasteiger charge is -2.07. The third-order valence-electron chi connectivity index (χ3n) is 2.46. The summed E-state index contributed by atoms with van der Waals surface area (Å²) in [7, 11) is 0. The number of carbonyl (C=O) groups is 1. The highest BCUT2D eigenvalue weighted by Crippen LogP contribution is 2.23. The van der Waals surface area contributed by atoms with Gasteiger partial charge in [-0.05, 0) is 18.2 Å². The Balaban J connectivity index is 2.32. The molecule has 1 heterocycles. The molecule has 0 bridgehead atoms. The van der Waals surface area contributed by atoms with Crippen LogP contribution >= 0.6 is 23.2 Å². The zero-order valence-corrected chi connectivity index (χ0v) is 11.7. The molecule has 1 aromatic carbocycles. The molecule has 0 aliphatic heterocycles. The summed E-state index contributed by atoms with van der Waals surface area (Å²) >= 11 is 11.3. The van der Waals surface area contributed by atoms with E-state index in [9.17, 15) is 19.3 Å². The molecular weight excluding hydrogens is 324 g/mol. The van der Waals surface area contributed by atoms with Crippen molar-refractivity contribution in [2.24, 2.45) is 0 Å². The van der Waals surface area contributed by atoms with Crippen molar-refractivity contribution in [3.05, 3.63) is 62.1 Å². The van der Waals surface area contributed by atoms with Crippen LogP contribution in [0.3, 0.4) is 0 Å². The fraction of sp³-hybridized carbons (Fsp3) is 0. The second kappa shape index (κ2) is 6.02. The molecule has 0 atom stereocenters. The number of nitro groups is 1. The molecule has 9 heteroatoms. The van der Waals surface area contributed by atoms with Crippen molar-refractivity contribution >= 4 is 40.5 Å². The number of rotatable bonds is 3. The highest BCUT2D eigenvalue weighted by molar-refractivity contribution is 6.33. The van der Waals surface area contributed by atoms with Gasteiger partial charge in [0.15, 0.2) is 0 Å². The summed E-state index contributed by atoms with van der Waals surface area (Å²) in [6.45, 7) is 0. The van der Waals surface area contributed by atoms with Gasteiger partial charge in [0.2, 0.25) is 0 Å². The number of hydrogen-bond donors (Lipinski definition) is 1. The van der Waals surface area contributed by atoms with Crippen molar-refractivity contribution < 1.29 is 14.1 Å². The average Bonchev–Trinajstić information content (AvgIpc) is 2.42. The summed E-state index contributed by atoms with van der Waals surface area (Å²) in [5, 5.41) is 12.8. The summed E-state index contributed by atoms with van der Waals surface area (Å²) in [4.78, 5) is 25.5. The van der Waals surface area contributed by atoms with Gasteiger partial charge < -0.3 is 5.32 Å². The number of pyridine rings is 1. The van der Waals surface area contributed by atoms with Crippen LogP contribution in [-0.4, -0.2) is 15.8 Å². The molecule has 0 unspecified atom stereocenters. The summed E-state index contributed by atoms with van der Waals surface area (Å²) in [6.07, 6.45) is 0.919. The highest BCUT2D eigenvalue weighted by Gasteiger charge is 2.18. The van der Waals surface area contributed by atoms with Crippen LogP contribution in [0.25, 0.3) is 0 Å². The Kier molecular flexibility index (Phi) is 4.35. The Morgan fingerprint density at radius 3 is 2.67 bits per heavy atom. The SMILES string of the molecule is O=C(Nc1ccc(Cl)cc1F)c1cc([N+](=O)[O-])cnc1Cl. The second-order valence-electron chi connectivity index (χ2n) is 3.87. The fourth-order valence-electron chi connectivity index (χ4n) is 1.48. The largest absolute Gasteiger partial charge is 0.319 e. The zero-order chi connectivity index (χ0) is 15.6. The minimum Gasteiger partial charge on any atom is -0.319 e. The van der Waals surface area contributed by atoms with E-state index in [0.29, 0.717) is 0 Å². The molecule has 0 radical (unpaired) electrons. The lowest BCUT2D eigenvalue weighted by atomic mass is 10.2. The van der Waals surface area contributed by atoms with Crippen LogP contribution in [0, 0.1) is 15.9 Å². The van der Waals surface area contributed by atoms with Gasteiger partial charge in [-0.15, -0.1) is 0 Å². The summed E-state index contributed by atoms with van der Waals surface area (Å²) in [6, 6.07) is 4.62. The molecule has 0 spiro atoms. The van der Waals surface area contributed by atoms with Gasteiger partial charge in [-0.1, -0.05) is 23.2 Å². The number of hydrogen-bond acceptors (Lipinski definition) is 4. The minimum absolute atomic E-state index is 0.132. The van der Waals surface area contributed by atoms with Gasteiger partial charge in [-0.3, -0.25) is 14.9 Å². The van der Waals surface area contributed by atoms with Gasteiger partial charge >= 0.3 is 0 Å². The van der Waals surface area contributed by atoms with Gasteiger partial charge in [-0.2, -0.15) is 0 Å². The Labute approximate surface area is 127 Å². The molecule has 21 heavy (non-hydrogen) atoms. The van der Waals surface area contributed by atoms with Crippen molar-refractivity contribution in [2.75, 3.05) is 5.32 Å². The zero-order valence-electron chi connectivity index (χ0n) is 10.1. The van der Waals surface area contributed by atoms with Gasteiger partial charge in [-0.25, -0.2) is 9.37 Å². The van der Waals surface area contributed by atoms with E-state index in [-0.39, 0.29) is 21.4 Å². The van der Waals surface area contributed by atoms with E-state index in [1.54, 1.807) is 0 Å². The normalized spacial score (nSPS) is 10.2. The van der Waals surface area contributed by atoms with Gasteiger partial charge in [0.25, 0.3) is 11.6 Å². The van der Waals surface area contributed by atoms with Gasteiger partial charge in [0.1, 0.15) is 17.2 Å². The smallest absolute Gasteiger partial charge is 0.288 e. The van der Waals surface area contributed by atoms with E-state index >= 15 is 0 Å². The highest BCUT2D eigenvalue weighted by atomic mass is 35.5. The molecule has 0 saturated heterocycles. The maximum Gasteiger partial charge on any atom is 0.288 e. The van der Waals surface area contributed by atoms with E-state index in [1.807, 2.05) is 0 Å². The topological polar surface area (TPSA) is 85.1 Å². The lowest BCUT2D eigenvalue weighted by Crippen LogP contribution is -2.14. The molecule has 0 fully saturated rings. The van der Waals surface area contributed by atoms with Crippen molar-refractivity contribution in [3.63, 3.8) is 0 Å². The monoisotopic (exact) mass is 329 g/mol. The van der Waals surface area contributed by atoms with E-state index in [4.69, 9.17) is 23.2 Å². The average molecular weight is 330 g/mol. The number of aromatic nitrogens is 1. The van der Waals surface area contributed by atoms with Gasteiger partial charge in [0.05, 0.1) is 16.2 Å². The number of anilines is 1. The second-order valence-corrected chi connectivity index (χ2v) is 4.66. The number of benzene rings is 1. The van der Waals surface area contributed by atoms with Crippen molar-refractivity contribution in [3.8, 4) is 0 Å². The summed E-state index contributed by atoms with van der Waals surface area (Å²) in [5.41, 5.74) is -0.770. The molecule has 1 N–H and O–H groups in total. The Morgan fingerprint density at radius 1 is 1.33 bits per heavy atom. The van der Waals surface area contributed by atoms with Crippen LogP contribution in [-0.2, 0) is 0 Å². The quantitative estimate of drug-likeness (QED) is 0.528. The number of halogens is 3.